The standard InChI is InChI=1S/C10H10F3N/c1-2-7-14-9-5-3-8(4-6-9)10(11,12)13/h3-7H,2H2,1H3. The minimum absolute atomic E-state index is 0.542. The molecule has 0 aliphatic carbocycles. The maximum absolute atomic E-state index is 12.1. The quantitative estimate of drug-likeness (QED) is 0.645. The predicted octanol–water partition coefficient (Wildman–Crippen LogP) is 3.82. The molecule has 0 saturated carbocycles. The molecule has 1 nitrogen and oxygen atoms in total. The molecule has 1 aromatic carbocycles. The number of hydrogen-bond donors (Lipinski definition) is 0. The lowest BCUT2D eigenvalue weighted by Gasteiger charge is -2.05. The Labute approximate surface area is 80.3 Å². The van der Waals surface area contributed by atoms with Crippen molar-refractivity contribution in [3.63, 3.8) is 0 Å². The molecule has 0 aliphatic heterocycles. The van der Waals surface area contributed by atoms with E-state index in [4.69, 9.17) is 0 Å². The molecule has 76 valence electrons. The first kappa shape index (κ1) is 10.8. The highest BCUT2D eigenvalue weighted by Crippen LogP contribution is 2.30. The minimum Gasteiger partial charge on any atom is -0.261 e. The second kappa shape index (κ2) is 4.26. The third kappa shape index (κ3) is 2.87. The van der Waals surface area contributed by atoms with Crippen LogP contribution >= 0.6 is 0 Å². The first-order chi connectivity index (χ1) is 6.54. The highest BCUT2D eigenvalue weighted by molar-refractivity contribution is 5.62. The third-order valence-electron chi connectivity index (χ3n) is 1.62. The van der Waals surface area contributed by atoms with E-state index < -0.39 is 11.7 Å². The molecule has 0 fully saturated rings. The number of alkyl halides is 3. The number of aliphatic imine (C=N–C) groups is 1. The molecule has 0 aliphatic rings. The molecule has 0 aromatic heterocycles. The summed E-state index contributed by atoms with van der Waals surface area (Å²) >= 11 is 0. The lowest BCUT2D eigenvalue weighted by molar-refractivity contribution is -0.137. The average Bonchev–Trinajstić information content (AvgIpc) is 2.14. The van der Waals surface area contributed by atoms with Gasteiger partial charge >= 0.3 is 6.18 Å². The van der Waals surface area contributed by atoms with E-state index in [1.807, 2.05) is 6.92 Å². The molecule has 0 amide bonds. The normalized spacial score (nSPS) is 12.3. The van der Waals surface area contributed by atoms with Crippen LogP contribution < -0.4 is 0 Å². The van der Waals surface area contributed by atoms with E-state index in [1.165, 1.54) is 12.1 Å². The highest BCUT2D eigenvalue weighted by atomic mass is 19.4. The molecule has 0 radical (unpaired) electrons. The zero-order valence-electron chi connectivity index (χ0n) is 7.67. The highest BCUT2D eigenvalue weighted by Gasteiger charge is 2.29. The number of hydrogen-bond acceptors (Lipinski definition) is 1. The number of nitrogens with zero attached hydrogens (tertiary/aromatic N) is 1. The van der Waals surface area contributed by atoms with Crippen LogP contribution in [0, 0.1) is 0 Å². The predicted molar refractivity (Wildman–Crippen MR) is 49.9 cm³/mol. The molecule has 0 heterocycles. The summed E-state index contributed by atoms with van der Waals surface area (Å²) in [4.78, 5) is 3.96. The summed E-state index contributed by atoms with van der Waals surface area (Å²) in [7, 11) is 0. The first-order valence-electron chi connectivity index (χ1n) is 4.24. The second-order valence-electron chi connectivity index (χ2n) is 2.76. The van der Waals surface area contributed by atoms with Crippen LogP contribution in [-0.2, 0) is 6.18 Å². The molecule has 0 saturated heterocycles. The van der Waals surface area contributed by atoms with Gasteiger partial charge < -0.3 is 0 Å². The summed E-state index contributed by atoms with van der Waals surface area (Å²) in [5, 5.41) is 0. The van der Waals surface area contributed by atoms with Crippen LogP contribution in [0.1, 0.15) is 18.9 Å². The first-order valence-corrected chi connectivity index (χ1v) is 4.24. The molecular weight excluding hydrogens is 191 g/mol. The average molecular weight is 201 g/mol. The van der Waals surface area contributed by atoms with Crippen molar-refractivity contribution in [3.05, 3.63) is 29.8 Å². The van der Waals surface area contributed by atoms with E-state index in [1.54, 1.807) is 6.21 Å². The Kier molecular flexibility index (Phi) is 3.28. The van der Waals surface area contributed by atoms with Gasteiger partial charge in [-0.05, 0) is 30.7 Å². The summed E-state index contributed by atoms with van der Waals surface area (Å²) in [6, 6.07) is 4.77. The van der Waals surface area contributed by atoms with E-state index in [0.717, 1.165) is 18.6 Å². The molecular formula is C10H10F3N. The molecule has 1 aromatic rings. The molecule has 0 unspecified atom stereocenters. The van der Waals surface area contributed by atoms with Gasteiger partial charge in [-0.3, -0.25) is 4.99 Å². The third-order valence-corrected chi connectivity index (χ3v) is 1.62. The van der Waals surface area contributed by atoms with E-state index in [-0.39, 0.29) is 0 Å². The SMILES string of the molecule is CCC=Nc1ccc(C(F)(F)F)cc1. The molecule has 4 heteroatoms. The minimum atomic E-state index is -4.27. The van der Waals surface area contributed by atoms with Gasteiger partial charge in [-0.25, -0.2) is 0 Å². The van der Waals surface area contributed by atoms with Crippen molar-refractivity contribution in [3.8, 4) is 0 Å². The topological polar surface area (TPSA) is 12.4 Å². The molecule has 0 spiro atoms. The monoisotopic (exact) mass is 201 g/mol. The van der Waals surface area contributed by atoms with Gasteiger partial charge in [0.15, 0.2) is 0 Å². The Morgan fingerprint density at radius 2 is 1.79 bits per heavy atom. The van der Waals surface area contributed by atoms with Crippen molar-refractivity contribution in [1.82, 2.24) is 0 Å². The zero-order chi connectivity index (χ0) is 10.6. The van der Waals surface area contributed by atoms with Crippen LogP contribution in [0.3, 0.4) is 0 Å². The van der Waals surface area contributed by atoms with Crippen molar-refractivity contribution in [1.29, 1.82) is 0 Å². The van der Waals surface area contributed by atoms with Crippen molar-refractivity contribution in [2.45, 2.75) is 19.5 Å². The lowest BCUT2D eigenvalue weighted by atomic mass is 10.2. The largest absolute Gasteiger partial charge is 0.416 e. The Morgan fingerprint density at radius 3 is 2.21 bits per heavy atom. The fourth-order valence-corrected chi connectivity index (χ4v) is 0.933. The van der Waals surface area contributed by atoms with Gasteiger partial charge in [0.25, 0.3) is 0 Å². The lowest BCUT2D eigenvalue weighted by Crippen LogP contribution is -2.03. The van der Waals surface area contributed by atoms with Gasteiger partial charge in [0.1, 0.15) is 0 Å². The van der Waals surface area contributed by atoms with Gasteiger partial charge in [-0.2, -0.15) is 13.2 Å². The van der Waals surface area contributed by atoms with E-state index in [9.17, 15) is 13.2 Å². The molecule has 0 N–H and O–H groups in total. The van der Waals surface area contributed by atoms with Crippen molar-refractivity contribution < 1.29 is 13.2 Å². The molecule has 0 bridgehead atoms. The van der Waals surface area contributed by atoms with Gasteiger partial charge in [0, 0.05) is 6.21 Å². The van der Waals surface area contributed by atoms with Crippen LogP contribution in [0.15, 0.2) is 29.3 Å². The van der Waals surface area contributed by atoms with Crippen LogP contribution in [0.2, 0.25) is 0 Å². The van der Waals surface area contributed by atoms with E-state index in [0.29, 0.717) is 5.69 Å². The van der Waals surface area contributed by atoms with Crippen molar-refractivity contribution in [2.24, 2.45) is 4.99 Å². The zero-order valence-corrected chi connectivity index (χ0v) is 7.67. The summed E-state index contributed by atoms with van der Waals surface area (Å²) in [5.41, 5.74) is -0.104. The van der Waals surface area contributed by atoms with Gasteiger partial charge in [0.2, 0.25) is 0 Å². The number of rotatable bonds is 2. The fraction of sp³-hybridized carbons (Fsp3) is 0.300. The van der Waals surface area contributed by atoms with Crippen molar-refractivity contribution in [2.75, 3.05) is 0 Å². The number of halogens is 3. The second-order valence-corrected chi connectivity index (χ2v) is 2.76. The molecule has 14 heavy (non-hydrogen) atoms. The van der Waals surface area contributed by atoms with Crippen LogP contribution in [0.5, 0.6) is 0 Å². The summed E-state index contributed by atoms with van der Waals surface area (Å²) < 4.78 is 36.4. The Hall–Kier alpha value is -1.32. The van der Waals surface area contributed by atoms with Crippen LogP contribution in [-0.4, -0.2) is 6.21 Å². The summed E-state index contributed by atoms with van der Waals surface area (Å²) in [6.45, 7) is 1.91. The van der Waals surface area contributed by atoms with E-state index in [2.05, 4.69) is 4.99 Å². The molecule has 1 rings (SSSR count). The smallest absolute Gasteiger partial charge is 0.261 e. The Morgan fingerprint density at radius 1 is 1.21 bits per heavy atom. The summed E-state index contributed by atoms with van der Waals surface area (Å²) in [5.74, 6) is 0. The van der Waals surface area contributed by atoms with Crippen LogP contribution in [0.4, 0.5) is 18.9 Å². The maximum atomic E-state index is 12.1. The van der Waals surface area contributed by atoms with Gasteiger partial charge in [0.05, 0.1) is 11.3 Å². The summed E-state index contributed by atoms with van der Waals surface area (Å²) in [6.07, 6.45) is -1.85. The van der Waals surface area contributed by atoms with E-state index >= 15 is 0 Å². The Bertz CT molecular complexity index is 311. The van der Waals surface area contributed by atoms with Gasteiger partial charge in [-0.15, -0.1) is 0 Å². The van der Waals surface area contributed by atoms with Gasteiger partial charge in [-0.1, -0.05) is 6.92 Å². The molecule has 0 atom stereocenters. The number of benzene rings is 1. The maximum Gasteiger partial charge on any atom is 0.416 e. The fourth-order valence-electron chi connectivity index (χ4n) is 0.933. The van der Waals surface area contributed by atoms with Crippen LogP contribution in [0.25, 0.3) is 0 Å². The Balaban J connectivity index is 2.84. The van der Waals surface area contributed by atoms with Crippen molar-refractivity contribution >= 4 is 11.9 Å².